The molecule has 0 bridgehead atoms. The fraction of sp³-hybridized carbons (Fsp3) is 0.769. The molecule has 0 atom stereocenters. The van der Waals surface area contributed by atoms with Crippen LogP contribution in [-0.2, 0) is 4.79 Å². The Kier molecular flexibility index (Phi) is 3.99. The fourth-order valence-electron chi connectivity index (χ4n) is 2.80. The molecule has 0 aromatic heterocycles. The molecule has 0 radical (unpaired) electrons. The van der Waals surface area contributed by atoms with Crippen molar-refractivity contribution in [2.75, 3.05) is 32.7 Å². The maximum atomic E-state index is 11.4. The maximum absolute atomic E-state index is 11.4. The number of likely N-dealkylation sites (tertiary alicyclic amines) is 2. The van der Waals surface area contributed by atoms with E-state index in [1.807, 2.05) is 4.90 Å². The fourth-order valence-corrected chi connectivity index (χ4v) is 2.80. The standard InChI is InChI=1S/C13H22N2O/c1-2-13(16)15-9-5-12(6-10-15)11-14-7-3-4-8-14/h2,12H,1,3-11H2. The van der Waals surface area contributed by atoms with E-state index in [2.05, 4.69) is 11.5 Å². The van der Waals surface area contributed by atoms with E-state index in [9.17, 15) is 4.79 Å². The monoisotopic (exact) mass is 222 g/mol. The molecule has 0 spiro atoms. The Balaban J connectivity index is 1.72. The van der Waals surface area contributed by atoms with E-state index in [0.717, 1.165) is 31.8 Å². The zero-order chi connectivity index (χ0) is 11.4. The van der Waals surface area contributed by atoms with Gasteiger partial charge in [-0.25, -0.2) is 0 Å². The minimum absolute atomic E-state index is 0.0969. The molecule has 0 unspecified atom stereocenters. The summed E-state index contributed by atoms with van der Waals surface area (Å²) in [5.41, 5.74) is 0. The smallest absolute Gasteiger partial charge is 0.245 e. The number of hydrogen-bond donors (Lipinski definition) is 0. The van der Waals surface area contributed by atoms with Gasteiger partial charge in [-0.15, -0.1) is 0 Å². The molecular formula is C13H22N2O. The number of piperidine rings is 1. The molecule has 0 aromatic carbocycles. The molecule has 3 heteroatoms. The van der Waals surface area contributed by atoms with Crippen LogP contribution in [0.5, 0.6) is 0 Å². The number of rotatable bonds is 3. The van der Waals surface area contributed by atoms with Crippen LogP contribution in [0.2, 0.25) is 0 Å². The number of nitrogens with zero attached hydrogens (tertiary/aromatic N) is 2. The zero-order valence-corrected chi connectivity index (χ0v) is 10.0. The van der Waals surface area contributed by atoms with Crippen LogP contribution in [0.4, 0.5) is 0 Å². The molecule has 2 saturated heterocycles. The Hall–Kier alpha value is -0.830. The first-order valence-corrected chi connectivity index (χ1v) is 6.43. The molecule has 2 heterocycles. The van der Waals surface area contributed by atoms with Crippen molar-refractivity contribution in [3.05, 3.63) is 12.7 Å². The Morgan fingerprint density at radius 2 is 1.81 bits per heavy atom. The first-order valence-electron chi connectivity index (χ1n) is 6.43. The second kappa shape index (κ2) is 5.48. The summed E-state index contributed by atoms with van der Waals surface area (Å²) < 4.78 is 0. The van der Waals surface area contributed by atoms with Crippen molar-refractivity contribution in [3.8, 4) is 0 Å². The second-order valence-electron chi connectivity index (χ2n) is 4.98. The van der Waals surface area contributed by atoms with Gasteiger partial charge in [-0.05, 0) is 50.8 Å². The summed E-state index contributed by atoms with van der Waals surface area (Å²) in [4.78, 5) is 15.9. The lowest BCUT2D eigenvalue weighted by Gasteiger charge is -2.33. The third kappa shape index (κ3) is 2.85. The van der Waals surface area contributed by atoms with Crippen molar-refractivity contribution in [1.82, 2.24) is 9.80 Å². The minimum atomic E-state index is 0.0969. The molecule has 16 heavy (non-hydrogen) atoms. The SMILES string of the molecule is C=CC(=O)N1CCC(CN2CCCC2)CC1. The third-order valence-corrected chi connectivity index (χ3v) is 3.82. The molecule has 0 aromatic rings. The number of carbonyl (C=O) groups is 1. The Morgan fingerprint density at radius 1 is 1.19 bits per heavy atom. The van der Waals surface area contributed by atoms with E-state index < -0.39 is 0 Å². The number of carbonyl (C=O) groups excluding carboxylic acids is 1. The molecule has 2 rings (SSSR count). The van der Waals surface area contributed by atoms with Gasteiger partial charge in [0.15, 0.2) is 0 Å². The van der Waals surface area contributed by atoms with Gasteiger partial charge < -0.3 is 9.80 Å². The molecular weight excluding hydrogens is 200 g/mol. The molecule has 0 aliphatic carbocycles. The zero-order valence-electron chi connectivity index (χ0n) is 10.0. The largest absolute Gasteiger partial charge is 0.339 e. The summed E-state index contributed by atoms with van der Waals surface area (Å²) in [7, 11) is 0. The summed E-state index contributed by atoms with van der Waals surface area (Å²) in [6.45, 7) is 9.19. The van der Waals surface area contributed by atoms with E-state index in [0.29, 0.717) is 0 Å². The summed E-state index contributed by atoms with van der Waals surface area (Å²) in [5, 5.41) is 0. The Labute approximate surface area is 98.1 Å². The van der Waals surface area contributed by atoms with Crippen molar-refractivity contribution in [1.29, 1.82) is 0 Å². The van der Waals surface area contributed by atoms with E-state index >= 15 is 0 Å². The maximum Gasteiger partial charge on any atom is 0.245 e. The lowest BCUT2D eigenvalue weighted by atomic mass is 9.96. The van der Waals surface area contributed by atoms with Crippen LogP contribution in [0.15, 0.2) is 12.7 Å². The summed E-state index contributed by atoms with van der Waals surface area (Å²) in [5.74, 6) is 0.895. The molecule has 90 valence electrons. The van der Waals surface area contributed by atoms with Gasteiger partial charge in [-0.1, -0.05) is 6.58 Å². The van der Waals surface area contributed by atoms with Crippen molar-refractivity contribution in [2.45, 2.75) is 25.7 Å². The van der Waals surface area contributed by atoms with Crippen LogP contribution in [0.3, 0.4) is 0 Å². The lowest BCUT2D eigenvalue weighted by molar-refractivity contribution is -0.127. The first-order chi connectivity index (χ1) is 7.79. The van der Waals surface area contributed by atoms with Crippen LogP contribution in [0.1, 0.15) is 25.7 Å². The van der Waals surface area contributed by atoms with Gasteiger partial charge in [0.2, 0.25) is 5.91 Å². The predicted molar refractivity (Wildman–Crippen MR) is 65.2 cm³/mol. The highest BCUT2D eigenvalue weighted by molar-refractivity contribution is 5.87. The van der Waals surface area contributed by atoms with Crippen molar-refractivity contribution in [2.24, 2.45) is 5.92 Å². The van der Waals surface area contributed by atoms with Crippen LogP contribution in [0.25, 0.3) is 0 Å². The Morgan fingerprint density at radius 3 is 2.38 bits per heavy atom. The third-order valence-electron chi connectivity index (χ3n) is 3.82. The van der Waals surface area contributed by atoms with E-state index in [-0.39, 0.29) is 5.91 Å². The molecule has 0 N–H and O–H groups in total. The molecule has 2 fully saturated rings. The molecule has 2 aliphatic rings. The highest BCUT2D eigenvalue weighted by atomic mass is 16.2. The van der Waals surface area contributed by atoms with Crippen molar-refractivity contribution in [3.63, 3.8) is 0 Å². The van der Waals surface area contributed by atoms with E-state index in [1.54, 1.807) is 0 Å². The molecule has 3 nitrogen and oxygen atoms in total. The van der Waals surface area contributed by atoms with Gasteiger partial charge in [0.05, 0.1) is 0 Å². The van der Waals surface area contributed by atoms with Crippen LogP contribution in [-0.4, -0.2) is 48.4 Å². The number of hydrogen-bond acceptors (Lipinski definition) is 2. The van der Waals surface area contributed by atoms with E-state index in [4.69, 9.17) is 0 Å². The van der Waals surface area contributed by atoms with Gasteiger partial charge in [0, 0.05) is 19.6 Å². The average molecular weight is 222 g/mol. The first kappa shape index (κ1) is 11.6. The summed E-state index contributed by atoms with van der Waals surface area (Å²) in [6, 6.07) is 0. The molecule has 0 saturated carbocycles. The van der Waals surface area contributed by atoms with Gasteiger partial charge in [-0.3, -0.25) is 4.79 Å². The van der Waals surface area contributed by atoms with Crippen LogP contribution in [0, 0.1) is 5.92 Å². The Bertz CT molecular complexity index is 251. The van der Waals surface area contributed by atoms with E-state index in [1.165, 1.54) is 38.6 Å². The normalized spacial score (nSPS) is 23.6. The average Bonchev–Trinajstić information content (AvgIpc) is 2.82. The summed E-state index contributed by atoms with van der Waals surface area (Å²) >= 11 is 0. The van der Waals surface area contributed by atoms with Gasteiger partial charge in [-0.2, -0.15) is 0 Å². The van der Waals surface area contributed by atoms with Gasteiger partial charge in [0.1, 0.15) is 0 Å². The molecule has 1 amide bonds. The highest BCUT2D eigenvalue weighted by Gasteiger charge is 2.23. The topological polar surface area (TPSA) is 23.6 Å². The second-order valence-corrected chi connectivity index (χ2v) is 4.98. The lowest BCUT2D eigenvalue weighted by Crippen LogP contribution is -2.40. The van der Waals surface area contributed by atoms with Crippen LogP contribution < -0.4 is 0 Å². The number of amides is 1. The molecule has 2 aliphatic heterocycles. The quantitative estimate of drug-likeness (QED) is 0.676. The van der Waals surface area contributed by atoms with Crippen molar-refractivity contribution >= 4 is 5.91 Å². The van der Waals surface area contributed by atoms with Crippen LogP contribution >= 0.6 is 0 Å². The predicted octanol–water partition coefficient (Wildman–Crippen LogP) is 1.51. The minimum Gasteiger partial charge on any atom is -0.339 e. The van der Waals surface area contributed by atoms with Gasteiger partial charge >= 0.3 is 0 Å². The van der Waals surface area contributed by atoms with Crippen molar-refractivity contribution < 1.29 is 4.79 Å². The highest BCUT2D eigenvalue weighted by Crippen LogP contribution is 2.20. The van der Waals surface area contributed by atoms with Gasteiger partial charge in [0.25, 0.3) is 0 Å². The summed E-state index contributed by atoms with van der Waals surface area (Å²) in [6.07, 6.45) is 6.49.